The third kappa shape index (κ3) is 1.42. The van der Waals surface area contributed by atoms with E-state index >= 15 is 0 Å². The van der Waals surface area contributed by atoms with Crippen molar-refractivity contribution in [3.63, 3.8) is 0 Å². The van der Waals surface area contributed by atoms with Crippen LogP contribution in [-0.4, -0.2) is 6.61 Å². The summed E-state index contributed by atoms with van der Waals surface area (Å²) in [7, 11) is 0. The quantitative estimate of drug-likeness (QED) is 0.532. The van der Waals surface area contributed by atoms with Crippen LogP contribution in [0.5, 0.6) is 0 Å². The van der Waals surface area contributed by atoms with Gasteiger partial charge in [-0.1, -0.05) is 18.1 Å². The maximum absolute atomic E-state index is 10.9. The molecule has 0 spiro atoms. The largest absolute Gasteiger partial charge is 0.236 e. The van der Waals surface area contributed by atoms with E-state index in [1.807, 2.05) is 0 Å². The first-order valence-corrected chi connectivity index (χ1v) is 5.20. The van der Waals surface area contributed by atoms with Gasteiger partial charge in [-0.25, -0.2) is 5.11 Å². The highest BCUT2D eigenvalue weighted by Gasteiger charge is 2.28. The van der Waals surface area contributed by atoms with E-state index in [1.165, 1.54) is 37.7 Å². The van der Waals surface area contributed by atoms with Crippen molar-refractivity contribution in [3.05, 3.63) is 11.6 Å². The minimum absolute atomic E-state index is 0.127. The summed E-state index contributed by atoms with van der Waals surface area (Å²) in [6.45, 7) is 0.127. The molecule has 12 heavy (non-hydrogen) atoms. The average Bonchev–Trinajstić information content (AvgIpc) is 2.17. The summed E-state index contributed by atoms with van der Waals surface area (Å²) in [5.41, 5.74) is 1.53. The van der Waals surface area contributed by atoms with Gasteiger partial charge in [0.2, 0.25) is 0 Å². The Morgan fingerprint density at radius 1 is 1.25 bits per heavy atom. The van der Waals surface area contributed by atoms with Gasteiger partial charge < -0.3 is 0 Å². The van der Waals surface area contributed by atoms with E-state index in [0.29, 0.717) is 5.92 Å². The molecule has 1 radical (unpaired) electrons. The fourth-order valence-corrected chi connectivity index (χ4v) is 2.73. The molecule has 0 aromatic heterocycles. The zero-order valence-electron chi connectivity index (χ0n) is 7.59. The molecule has 0 saturated heterocycles. The van der Waals surface area contributed by atoms with Gasteiger partial charge in [0.1, 0.15) is 0 Å². The van der Waals surface area contributed by atoms with E-state index in [-0.39, 0.29) is 6.61 Å². The molecule has 2 unspecified atom stereocenters. The van der Waals surface area contributed by atoms with Crippen molar-refractivity contribution in [3.8, 4) is 0 Å². The fraction of sp³-hybridized carbons (Fsp3) is 0.818. The van der Waals surface area contributed by atoms with Crippen LogP contribution >= 0.6 is 0 Å². The summed E-state index contributed by atoms with van der Waals surface area (Å²) in [5, 5.41) is 10.9. The van der Waals surface area contributed by atoms with Crippen LogP contribution in [0.15, 0.2) is 11.6 Å². The summed E-state index contributed by atoms with van der Waals surface area (Å²) < 4.78 is 0. The van der Waals surface area contributed by atoms with Crippen molar-refractivity contribution in [2.75, 3.05) is 6.61 Å². The SMILES string of the molecule is [O]CC1CCCC2CCCC=C12. The molecule has 2 aliphatic rings. The second-order valence-electron chi connectivity index (χ2n) is 4.13. The molecule has 1 nitrogen and oxygen atoms in total. The highest BCUT2D eigenvalue weighted by molar-refractivity contribution is 5.15. The van der Waals surface area contributed by atoms with E-state index in [0.717, 1.165) is 12.3 Å². The third-order valence-electron chi connectivity index (χ3n) is 3.39. The number of allylic oxidation sites excluding steroid dienone is 1. The van der Waals surface area contributed by atoms with Crippen molar-refractivity contribution in [1.29, 1.82) is 0 Å². The number of fused-ring (bicyclic) bond motifs is 1. The third-order valence-corrected chi connectivity index (χ3v) is 3.39. The fourth-order valence-electron chi connectivity index (χ4n) is 2.73. The summed E-state index contributed by atoms with van der Waals surface area (Å²) >= 11 is 0. The summed E-state index contributed by atoms with van der Waals surface area (Å²) in [5.74, 6) is 1.20. The Hall–Kier alpha value is -0.300. The molecular formula is C11H17O. The lowest BCUT2D eigenvalue weighted by Gasteiger charge is -2.33. The van der Waals surface area contributed by atoms with E-state index < -0.39 is 0 Å². The molecule has 0 aromatic rings. The Kier molecular flexibility index (Phi) is 2.50. The van der Waals surface area contributed by atoms with Crippen LogP contribution in [0.1, 0.15) is 38.5 Å². The van der Waals surface area contributed by atoms with Gasteiger partial charge in [0.05, 0.1) is 6.61 Å². The van der Waals surface area contributed by atoms with Gasteiger partial charge in [-0.2, -0.15) is 0 Å². The highest BCUT2D eigenvalue weighted by atomic mass is 16.3. The molecule has 0 amide bonds. The van der Waals surface area contributed by atoms with E-state index in [2.05, 4.69) is 6.08 Å². The molecule has 1 saturated carbocycles. The van der Waals surface area contributed by atoms with Crippen molar-refractivity contribution in [1.82, 2.24) is 0 Å². The van der Waals surface area contributed by atoms with Gasteiger partial charge >= 0.3 is 0 Å². The second-order valence-corrected chi connectivity index (χ2v) is 4.13. The average molecular weight is 165 g/mol. The Bertz CT molecular complexity index is 183. The van der Waals surface area contributed by atoms with E-state index in [4.69, 9.17) is 0 Å². The predicted octanol–water partition coefficient (Wildman–Crippen LogP) is 2.94. The molecular weight excluding hydrogens is 148 g/mol. The minimum Gasteiger partial charge on any atom is -0.236 e. The van der Waals surface area contributed by atoms with Crippen LogP contribution in [-0.2, 0) is 5.11 Å². The smallest absolute Gasteiger partial charge is 0.0887 e. The van der Waals surface area contributed by atoms with Gasteiger partial charge in [-0.3, -0.25) is 0 Å². The van der Waals surface area contributed by atoms with Crippen LogP contribution in [0.4, 0.5) is 0 Å². The molecule has 1 heteroatoms. The Labute approximate surface area is 74.5 Å². The molecule has 67 valence electrons. The number of hydrogen-bond donors (Lipinski definition) is 0. The first-order valence-electron chi connectivity index (χ1n) is 5.20. The normalized spacial score (nSPS) is 35.6. The zero-order valence-corrected chi connectivity index (χ0v) is 7.59. The first-order chi connectivity index (χ1) is 5.92. The van der Waals surface area contributed by atoms with Gasteiger partial charge in [-0.15, -0.1) is 0 Å². The number of rotatable bonds is 1. The van der Waals surface area contributed by atoms with Crippen molar-refractivity contribution >= 4 is 0 Å². The van der Waals surface area contributed by atoms with E-state index in [1.54, 1.807) is 0 Å². The minimum atomic E-state index is 0.127. The van der Waals surface area contributed by atoms with Crippen LogP contribution in [0.25, 0.3) is 0 Å². The van der Waals surface area contributed by atoms with Crippen LogP contribution in [0.3, 0.4) is 0 Å². The van der Waals surface area contributed by atoms with Crippen LogP contribution in [0.2, 0.25) is 0 Å². The lowest BCUT2D eigenvalue weighted by molar-refractivity contribution is 0.134. The van der Waals surface area contributed by atoms with Gasteiger partial charge in [0.15, 0.2) is 0 Å². The monoisotopic (exact) mass is 165 g/mol. The lowest BCUT2D eigenvalue weighted by Crippen LogP contribution is -2.23. The Balaban J connectivity index is 2.12. The molecule has 2 aliphatic carbocycles. The zero-order chi connectivity index (χ0) is 8.39. The summed E-state index contributed by atoms with van der Waals surface area (Å²) in [6.07, 6.45) is 10.1. The van der Waals surface area contributed by atoms with Crippen molar-refractivity contribution in [2.45, 2.75) is 38.5 Å². The predicted molar refractivity (Wildman–Crippen MR) is 48.3 cm³/mol. The van der Waals surface area contributed by atoms with Gasteiger partial charge in [-0.05, 0) is 38.0 Å². The molecule has 0 bridgehead atoms. The molecule has 0 aliphatic heterocycles. The maximum atomic E-state index is 10.9. The van der Waals surface area contributed by atoms with Crippen LogP contribution in [0, 0.1) is 11.8 Å². The Morgan fingerprint density at radius 3 is 2.92 bits per heavy atom. The van der Waals surface area contributed by atoms with Crippen LogP contribution < -0.4 is 0 Å². The van der Waals surface area contributed by atoms with Gasteiger partial charge in [0, 0.05) is 5.92 Å². The number of hydrogen-bond acceptors (Lipinski definition) is 0. The lowest BCUT2D eigenvalue weighted by atomic mass is 9.72. The second kappa shape index (κ2) is 3.61. The molecule has 1 fully saturated rings. The van der Waals surface area contributed by atoms with Crippen molar-refractivity contribution in [2.24, 2.45) is 11.8 Å². The standard InChI is InChI=1S/C11H17O/c12-8-10-6-3-5-9-4-1-2-7-11(9)10/h7,9-10H,1-6,8H2. The first kappa shape index (κ1) is 8.31. The molecule has 0 aromatic carbocycles. The maximum Gasteiger partial charge on any atom is 0.0887 e. The summed E-state index contributed by atoms with van der Waals surface area (Å²) in [6, 6.07) is 0. The molecule has 0 heterocycles. The topological polar surface area (TPSA) is 19.9 Å². The van der Waals surface area contributed by atoms with E-state index in [9.17, 15) is 5.11 Å². The van der Waals surface area contributed by atoms with Gasteiger partial charge in [0.25, 0.3) is 0 Å². The summed E-state index contributed by atoms with van der Waals surface area (Å²) in [4.78, 5) is 0. The highest BCUT2D eigenvalue weighted by Crippen LogP contribution is 2.39. The molecule has 2 rings (SSSR count). The molecule has 2 atom stereocenters. The molecule has 0 N–H and O–H groups in total. The Morgan fingerprint density at radius 2 is 2.08 bits per heavy atom. The van der Waals surface area contributed by atoms with Crippen molar-refractivity contribution < 1.29 is 5.11 Å².